The predicted octanol–water partition coefficient (Wildman–Crippen LogP) is 2.79. The highest BCUT2D eigenvalue weighted by Crippen LogP contribution is 2.27. The van der Waals surface area contributed by atoms with Gasteiger partial charge in [-0.2, -0.15) is 0 Å². The van der Waals surface area contributed by atoms with E-state index >= 15 is 0 Å². The van der Waals surface area contributed by atoms with Crippen molar-refractivity contribution in [1.82, 2.24) is 4.98 Å². The molecule has 0 aromatic carbocycles. The fourth-order valence-electron chi connectivity index (χ4n) is 2.51. The fourth-order valence-corrected chi connectivity index (χ4v) is 3.22. The third-order valence-electron chi connectivity index (χ3n) is 3.55. The van der Waals surface area contributed by atoms with Gasteiger partial charge in [0.15, 0.2) is 5.13 Å². The van der Waals surface area contributed by atoms with Crippen molar-refractivity contribution >= 4 is 22.4 Å². The molecule has 108 valence electrons. The number of aromatic nitrogens is 1. The van der Waals surface area contributed by atoms with Gasteiger partial charge >= 0.3 is 0 Å². The van der Waals surface area contributed by atoms with Crippen LogP contribution in [0.3, 0.4) is 0 Å². The molecular weight excluding hydrogens is 272 g/mol. The zero-order chi connectivity index (χ0) is 14.2. The van der Waals surface area contributed by atoms with Crippen molar-refractivity contribution in [3.05, 3.63) is 11.1 Å². The summed E-state index contributed by atoms with van der Waals surface area (Å²) in [5.41, 5.74) is 0. The van der Waals surface area contributed by atoms with Crippen LogP contribution in [0.4, 0.5) is 5.13 Å². The lowest BCUT2D eigenvalue weighted by Gasteiger charge is -2.20. The highest BCUT2D eigenvalue weighted by atomic mass is 32.1. The second kappa shape index (κ2) is 8.03. The van der Waals surface area contributed by atoms with Gasteiger partial charge < -0.3 is 10.4 Å². The number of anilines is 1. The second-order valence-electron chi connectivity index (χ2n) is 5.08. The second-order valence-corrected chi connectivity index (χ2v) is 6.11. The number of rotatable bonds is 4. The molecular formula is C15H20N2O2S. The van der Waals surface area contributed by atoms with E-state index in [-0.39, 0.29) is 12.5 Å². The maximum Gasteiger partial charge on any atom is 0.226 e. The first-order chi connectivity index (χ1) is 9.78. The molecule has 5 heteroatoms. The van der Waals surface area contributed by atoms with E-state index in [1.54, 1.807) is 6.20 Å². The average Bonchev–Trinajstić information content (AvgIpc) is 2.91. The summed E-state index contributed by atoms with van der Waals surface area (Å²) in [7, 11) is 0. The Bertz CT molecular complexity index is 495. The number of aliphatic hydroxyl groups excluding tert-OH is 1. The minimum absolute atomic E-state index is 0.0339. The van der Waals surface area contributed by atoms with E-state index in [0.717, 1.165) is 17.2 Å². The molecule has 4 nitrogen and oxygen atoms in total. The molecule has 0 radical (unpaired) electrons. The molecule has 1 aliphatic rings. The average molecular weight is 292 g/mol. The molecule has 2 N–H and O–H groups in total. The van der Waals surface area contributed by atoms with E-state index in [0.29, 0.717) is 11.6 Å². The van der Waals surface area contributed by atoms with Gasteiger partial charge in [-0.25, -0.2) is 4.98 Å². The molecule has 20 heavy (non-hydrogen) atoms. The lowest BCUT2D eigenvalue weighted by atomic mass is 9.86. The fraction of sp³-hybridized carbons (Fsp3) is 0.600. The van der Waals surface area contributed by atoms with Crippen LogP contribution in [0.2, 0.25) is 0 Å². The highest BCUT2D eigenvalue weighted by Gasteiger charge is 2.15. The van der Waals surface area contributed by atoms with Crippen LogP contribution in [0.15, 0.2) is 6.20 Å². The van der Waals surface area contributed by atoms with Gasteiger partial charge in [-0.05, 0) is 12.3 Å². The minimum atomic E-state index is -0.166. The Morgan fingerprint density at radius 1 is 1.45 bits per heavy atom. The van der Waals surface area contributed by atoms with E-state index in [1.165, 1.54) is 43.4 Å². The van der Waals surface area contributed by atoms with Gasteiger partial charge in [-0.3, -0.25) is 4.79 Å². The summed E-state index contributed by atoms with van der Waals surface area (Å²) in [5.74, 6) is 6.09. The number of hydrogen-bond donors (Lipinski definition) is 2. The van der Waals surface area contributed by atoms with Crippen LogP contribution < -0.4 is 5.32 Å². The Hall–Kier alpha value is -1.38. The van der Waals surface area contributed by atoms with Gasteiger partial charge in [-0.1, -0.05) is 55.3 Å². The van der Waals surface area contributed by atoms with Crippen LogP contribution in [0, 0.1) is 17.8 Å². The van der Waals surface area contributed by atoms with E-state index < -0.39 is 0 Å². The van der Waals surface area contributed by atoms with Gasteiger partial charge in [0.25, 0.3) is 0 Å². The molecule has 1 aliphatic carbocycles. The van der Waals surface area contributed by atoms with Crippen LogP contribution in [-0.2, 0) is 4.79 Å². The number of nitrogens with zero attached hydrogens (tertiary/aromatic N) is 1. The zero-order valence-electron chi connectivity index (χ0n) is 11.5. The first-order valence-corrected chi connectivity index (χ1v) is 7.95. The Labute approximate surface area is 123 Å². The molecule has 1 heterocycles. The van der Waals surface area contributed by atoms with Gasteiger partial charge in [-0.15, -0.1) is 0 Å². The quantitative estimate of drug-likeness (QED) is 0.839. The minimum Gasteiger partial charge on any atom is -0.384 e. The normalized spacial score (nSPS) is 15.4. The molecule has 1 aromatic heterocycles. The van der Waals surface area contributed by atoms with Gasteiger partial charge in [0.05, 0.1) is 11.1 Å². The zero-order valence-corrected chi connectivity index (χ0v) is 12.3. The van der Waals surface area contributed by atoms with Gasteiger partial charge in [0.2, 0.25) is 5.91 Å². The predicted molar refractivity (Wildman–Crippen MR) is 80.5 cm³/mol. The molecule has 0 unspecified atom stereocenters. The van der Waals surface area contributed by atoms with Crippen molar-refractivity contribution in [3.8, 4) is 11.8 Å². The molecule has 1 fully saturated rings. The van der Waals surface area contributed by atoms with E-state index in [9.17, 15) is 4.79 Å². The first-order valence-electron chi connectivity index (χ1n) is 7.13. The summed E-state index contributed by atoms with van der Waals surface area (Å²) in [6, 6.07) is 0. The number of carbonyl (C=O) groups excluding carboxylic acids is 1. The Morgan fingerprint density at radius 2 is 2.25 bits per heavy atom. The van der Waals surface area contributed by atoms with Gasteiger partial charge in [0.1, 0.15) is 6.61 Å². The topological polar surface area (TPSA) is 62.2 Å². The number of aliphatic hydroxyl groups is 1. The van der Waals surface area contributed by atoms with Crippen molar-refractivity contribution in [3.63, 3.8) is 0 Å². The van der Waals surface area contributed by atoms with E-state index in [2.05, 4.69) is 22.1 Å². The van der Waals surface area contributed by atoms with Crippen molar-refractivity contribution in [2.24, 2.45) is 5.92 Å². The van der Waals surface area contributed by atoms with Crippen LogP contribution >= 0.6 is 11.3 Å². The van der Waals surface area contributed by atoms with Crippen LogP contribution in [0.5, 0.6) is 0 Å². The molecule has 0 atom stereocenters. The molecule has 0 spiro atoms. The highest BCUT2D eigenvalue weighted by molar-refractivity contribution is 7.16. The Balaban J connectivity index is 1.74. The number of nitrogens with one attached hydrogen (secondary N) is 1. The van der Waals surface area contributed by atoms with Crippen LogP contribution in [-0.4, -0.2) is 22.6 Å². The smallest absolute Gasteiger partial charge is 0.226 e. The SMILES string of the molecule is O=C(CCC1CCCCC1)Nc1ncc(C#CCO)s1. The van der Waals surface area contributed by atoms with E-state index in [1.807, 2.05) is 0 Å². The summed E-state index contributed by atoms with van der Waals surface area (Å²) >= 11 is 1.33. The van der Waals surface area contributed by atoms with Crippen molar-refractivity contribution in [2.75, 3.05) is 11.9 Å². The summed E-state index contributed by atoms with van der Waals surface area (Å²) in [5, 5.41) is 12.0. The number of hydrogen-bond acceptors (Lipinski definition) is 4. The number of thiazole rings is 1. The van der Waals surface area contributed by atoms with Gasteiger partial charge in [0, 0.05) is 6.42 Å². The number of amides is 1. The Morgan fingerprint density at radius 3 is 3.00 bits per heavy atom. The summed E-state index contributed by atoms with van der Waals surface area (Å²) < 4.78 is 0. The van der Waals surface area contributed by atoms with Crippen molar-refractivity contribution in [1.29, 1.82) is 0 Å². The maximum atomic E-state index is 11.9. The van der Waals surface area contributed by atoms with Crippen LogP contribution in [0.1, 0.15) is 49.8 Å². The standard InChI is InChI=1S/C15H20N2O2S/c18-10-4-7-13-11-16-15(20-13)17-14(19)9-8-12-5-2-1-3-6-12/h11-12,18H,1-3,5-6,8-10H2,(H,16,17,19). The molecule has 1 saturated carbocycles. The molecule has 1 aromatic rings. The number of carbonyl (C=O) groups is 1. The van der Waals surface area contributed by atoms with Crippen LogP contribution in [0.25, 0.3) is 0 Å². The summed E-state index contributed by atoms with van der Waals surface area (Å²) in [4.78, 5) is 16.7. The monoisotopic (exact) mass is 292 g/mol. The summed E-state index contributed by atoms with van der Waals surface area (Å²) in [6.07, 6.45) is 9.67. The third-order valence-corrected chi connectivity index (χ3v) is 4.38. The van der Waals surface area contributed by atoms with Crippen molar-refractivity contribution in [2.45, 2.75) is 44.9 Å². The lowest BCUT2D eigenvalue weighted by molar-refractivity contribution is -0.116. The molecule has 0 saturated heterocycles. The first kappa shape index (κ1) is 15.0. The third kappa shape index (κ3) is 4.95. The summed E-state index contributed by atoms with van der Waals surface area (Å²) in [6.45, 7) is -0.166. The Kier molecular flexibility index (Phi) is 6.03. The maximum absolute atomic E-state index is 11.9. The molecule has 1 amide bonds. The molecule has 2 rings (SSSR count). The van der Waals surface area contributed by atoms with E-state index in [4.69, 9.17) is 5.11 Å². The lowest BCUT2D eigenvalue weighted by Crippen LogP contribution is -2.14. The molecule has 0 bridgehead atoms. The largest absolute Gasteiger partial charge is 0.384 e. The van der Waals surface area contributed by atoms with Crippen molar-refractivity contribution < 1.29 is 9.90 Å². The molecule has 0 aliphatic heterocycles.